The van der Waals surface area contributed by atoms with Gasteiger partial charge in [0.05, 0.1) is 25.9 Å². The Hall–Kier alpha value is -1.11. The fourth-order valence-electron chi connectivity index (χ4n) is 2.28. The minimum atomic E-state index is -1.48. The van der Waals surface area contributed by atoms with Gasteiger partial charge in [0.1, 0.15) is 0 Å². The van der Waals surface area contributed by atoms with E-state index >= 15 is 0 Å². The van der Waals surface area contributed by atoms with Gasteiger partial charge in [-0.05, 0) is 53.9 Å². The highest BCUT2D eigenvalue weighted by Gasteiger charge is 2.30. The molecule has 1 unspecified atom stereocenters. The second kappa shape index (κ2) is 6.98. The number of aromatic nitrogens is 1. The van der Waals surface area contributed by atoms with Crippen LogP contribution in [-0.2, 0) is 11.0 Å². The van der Waals surface area contributed by atoms with Crippen LogP contribution in [0.4, 0.5) is 4.39 Å². The second-order valence-corrected chi connectivity index (χ2v) is 8.29. The Kier molecular flexibility index (Phi) is 5.47. The van der Waals surface area contributed by atoms with Crippen molar-refractivity contribution in [2.45, 2.75) is 30.9 Å². The lowest BCUT2D eigenvalue weighted by atomic mass is 9.87. The monoisotopic (exact) mass is 384 g/mol. The Balaban J connectivity index is 2.46. The zero-order valence-electron chi connectivity index (χ0n) is 12.4. The van der Waals surface area contributed by atoms with E-state index < -0.39 is 21.7 Å². The lowest BCUT2D eigenvalue weighted by Gasteiger charge is -2.27. The van der Waals surface area contributed by atoms with Gasteiger partial charge in [-0.15, -0.1) is 0 Å². The summed E-state index contributed by atoms with van der Waals surface area (Å²) in [5, 5.41) is 5.60. The van der Waals surface area contributed by atoms with Crippen molar-refractivity contribution in [2.24, 2.45) is 5.14 Å². The summed E-state index contributed by atoms with van der Waals surface area (Å²) in [4.78, 5) is 4.04. The molecule has 2 N–H and O–H groups in total. The van der Waals surface area contributed by atoms with Crippen molar-refractivity contribution in [3.05, 3.63) is 64.1 Å². The van der Waals surface area contributed by atoms with Gasteiger partial charge < -0.3 is 0 Å². The molecule has 0 amide bonds. The molecule has 0 saturated carbocycles. The van der Waals surface area contributed by atoms with Crippen LogP contribution in [0, 0.1) is 5.95 Å². The van der Waals surface area contributed by atoms with Crippen molar-refractivity contribution < 1.29 is 8.60 Å². The molecule has 1 aromatic carbocycles. The third kappa shape index (κ3) is 4.00. The molecule has 0 aliphatic rings. The number of benzene rings is 1. The molecule has 0 bridgehead atoms. The third-order valence-corrected chi connectivity index (χ3v) is 5.47. The predicted molar refractivity (Wildman–Crippen MR) is 91.2 cm³/mol. The van der Waals surface area contributed by atoms with Gasteiger partial charge in [-0.1, -0.05) is 30.3 Å². The minimum absolute atomic E-state index is 0.175. The molecule has 3 nitrogen and oxygen atoms in total. The van der Waals surface area contributed by atoms with E-state index in [2.05, 4.69) is 20.9 Å². The number of halogens is 2. The zero-order chi connectivity index (χ0) is 16.3. The van der Waals surface area contributed by atoms with Gasteiger partial charge in [0.25, 0.3) is 0 Å². The summed E-state index contributed by atoms with van der Waals surface area (Å²) in [5.41, 5.74) is 1.60. The fourth-order valence-corrected chi connectivity index (χ4v) is 2.83. The van der Waals surface area contributed by atoms with Crippen LogP contribution in [0.5, 0.6) is 0 Å². The maximum Gasteiger partial charge on any atom is 0.227 e. The SMILES string of the molecule is CC(C)(C[C@@H](c1ccccc1)c1ccc(Br)c(F)n1)S(N)=O. The number of nitrogens with two attached hydrogens (primary N) is 1. The summed E-state index contributed by atoms with van der Waals surface area (Å²) < 4.78 is 25.3. The summed E-state index contributed by atoms with van der Waals surface area (Å²) in [6.07, 6.45) is 0.508. The molecule has 2 aromatic rings. The standard InChI is InChI=1S/C16H18BrFN2OS/c1-16(2,22(19)21)10-12(11-6-4-3-5-7-11)14-9-8-13(17)15(18)20-14/h3-9,12H,10,19H2,1-2H3/t12-,22?/m0/s1. The molecule has 2 rings (SSSR count). The summed E-state index contributed by atoms with van der Waals surface area (Å²) in [5.74, 6) is -0.726. The van der Waals surface area contributed by atoms with Crippen molar-refractivity contribution >= 4 is 26.9 Å². The first-order valence-electron chi connectivity index (χ1n) is 6.84. The van der Waals surface area contributed by atoms with Gasteiger partial charge in [-0.25, -0.2) is 9.19 Å². The van der Waals surface area contributed by atoms with Crippen LogP contribution in [0.1, 0.15) is 37.4 Å². The van der Waals surface area contributed by atoms with Crippen molar-refractivity contribution in [1.29, 1.82) is 0 Å². The van der Waals surface area contributed by atoms with Crippen molar-refractivity contribution in [2.75, 3.05) is 0 Å². The van der Waals surface area contributed by atoms with E-state index in [4.69, 9.17) is 5.14 Å². The Morgan fingerprint density at radius 3 is 2.45 bits per heavy atom. The highest BCUT2D eigenvalue weighted by Crippen LogP contribution is 2.34. The first-order chi connectivity index (χ1) is 10.3. The Morgan fingerprint density at radius 2 is 1.91 bits per heavy atom. The Labute approximate surface area is 140 Å². The smallest absolute Gasteiger partial charge is 0.227 e. The van der Waals surface area contributed by atoms with E-state index in [0.717, 1.165) is 5.56 Å². The quantitative estimate of drug-likeness (QED) is 0.794. The number of rotatable bonds is 5. The summed E-state index contributed by atoms with van der Waals surface area (Å²) in [6.45, 7) is 3.68. The second-order valence-electron chi connectivity index (χ2n) is 5.73. The van der Waals surface area contributed by atoms with Crippen molar-refractivity contribution in [1.82, 2.24) is 4.98 Å². The van der Waals surface area contributed by atoms with E-state index in [1.54, 1.807) is 12.1 Å². The first-order valence-corrected chi connectivity index (χ1v) is 8.85. The maximum atomic E-state index is 13.8. The number of hydrogen-bond acceptors (Lipinski definition) is 2. The van der Waals surface area contributed by atoms with Crippen LogP contribution < -0.4 is 5.14 Å². The maximum absolute atomic E-state index is 13.8. The van der Waals surface area contributed by atoms with Gasteiger partial charge >= 0.3 is 0 Å². The van der Waals surface area contributed by atoms with Crippen molar-refractivity contribution in [3.8, 4) is 0 Å². The molecular weight excluding hydrogens is 367 g/mol. The van der Waals surface area contributed by atoms with Crippen LogP contribution in [0.15, 0.2) is 46.9 Å². The van der Waals surface area contributed by atoms with Gasteiger partial charge in [-0.3, -0.25) is 5.14 Å². The molecular formula is C16H18BrFN2OS. The van der Waals surface area contributed by atoms with Crippen LogP contribution in [-0.4, -0.2) is 13.9 Å². The third-order valence-electron chi connectivity index (χ3n) is 3.62. The van der Waals surface area contributed by atoms with E-state index in [-0.39, 0.29) is 5.92 Å². The van der Waals surface area contributed by atoms with Crippen molar-refractivity contribution in [3.63, 3.8) is 0 Å². The van der Waals surface area contributed by atoms with E-state index in [0.29, 0.717) is 16.6 Å². The number of hydrogen-bond donors (Lipinski definition) is 1. The molecule has 118 valence electrons. The van der Waals surface area contributed by atoms with Crippen LogP contribution in [0.3, 0.4) is 0 Å². The molecule has 0 aliphatic carbocycles. The normalized spacial score (nSPS) is 14.6. The van der Waals surface area contributed by atoms with Crippen LogP contribution in [0.25, 0.3) is 0 Å². The van der Waals surface area contributed by atoms with Crippen LogP contribution in [0.2, 0.25) is 0 Å². The highest BCUT2D eigenvalue weighted by atomic mass is 79.9. The van der Waals surface area contributed by atoms with Crippen LogP contribution >= 0.6 is 15.9 Å². The summed E-state index contributed by atoms with van der Waals surface area (Å²) >= 11 is 3.11. The molecule has 0 fully saturated rings. The van der Waals surface area contributed by atoms with E-state index in [1.165, 1.54) is 0 Å². The molecule has 1 heterocycles. The van der Waals surface area contributed by atoms with E-state index in [1.807, 2.05) is 44.2 Å². The molecule has 1 aromatic heterocycles. The minimum Gasteiger partial charge on any atom is -0.251 e. The molecule has 6 heteroatoms. The van der Waals surface area contributed by atoms with Gasteiger partial charge in [-0.2, -0.15) is 4.39 Å². The largest absolute Gasteiger partial charge is 0.251 e. The lowest BCUT2D eigenvalue weighted by Crippen LogP contribution is -2.34. The zero-order valence-corrected chi connectivity index (χ0v) is 14.8. The van der Waals surface area contributed by atoms with Gasteiger partial charge in [0, 0.05) is 5.92 Å². The molecule has 0 aliphatic heterocycles. The lowest BCUT2D eigenvalue weighted by molar-refractivity contribution is 0.529. The predicted octanol–water partition coefficient (Wildman–Crippen LogP) is 3.91. The number of pyridine rings is 1. The van der Waals surface area contributed by atoms with E-state index in [9.17, 15) is 8.60 Å². The first kappa shape index (κ1) is 17.2. The Bertz CT molecular complexity index is 679. The molecule has 22 heavy (non-hydrogen) atoms. The van der Waals surface area contributed by atoms with Gasteiger partial charge in [0.2, 0.25) is 5.95 Å². The average Bonchev–Trinajstić information content (AvgIpc) is 2.48. The fraction of sp³-hybridized carbons (Fsp3) is 0.312. The molecule has 0 spiro atoms. The Morgan fingerprint density at radius 1 is 1.27 bits per heavy atom. The average molecular weight is 385 g/mol. The molecule has 0 radical (unpaired) electrons. The molecule has 0 saturated heterocycles. The number of nitrogens with zero attached hydrogens (tertiary/aromatic N) is 1. The molecule has 2 atom stereocenters. The topological polar surface area (TPSA) is 56.0 Å². The van der Waals surface area contributed by atoms with Gasteiger partial charge in [0.15, 0.2) is 0 Å². The summed E-state index contributed by atoms with van der Waals surface area (Å²) in [7, 11) is -1.48. The highest BCUT2D eigenvalue weighted by molar-refractivity contribution is 9.10. The summed E-state index contributed by atoms with van der Waals surface area (Å²) in [6, 6.07) is 13.1.